The Morgan fingerprint density at radius 1 is 1.32 bits per heavy atom. The Labute approximate surface area is 156 Å². The predicted molar refractivity (Wildman–Crippen MR) is 94.5 cm³/mol. The molecule has 2 heterocycles. The molecule has 1 aliphatic rings. The molecule has 130 valence electrons. The van der Waals surface area contributed by atoms with Crippen molar-refractivity contribution in [3.05, 3.63) is 44.2 Å². The molecule has 0 spiro atoms. The second kappa shape index (κ2) is 6.70. The first-order valence-electron chi connectivity index (χ1n) is 7.06. The van der Waals surface area contributed by atoms with Crippen molar-refractivity contribution in [2.75, 3.05) is 4.90 Å². The van der Waals surface area contributed by atoms with E-state index >= 15 is 0 Å². The van der Waals surface area contributed by atoms with E-state index in [0.29, 0.717) is 5.02 Å². The number of halogens is 2. The summed E-state index contributed by atoms with van der Waals surface area (Å²) in [4.78, 5) is 43.8. The monoisotopic (exact) mass is 399 g/mol. The first-order valence-corrected chi connectivity index (χ1v) is 8.70. The molecule has 2 amide bonds. The van der Waals surface area contributed by atoms with E-state index in [1.54, 1.807) is 0 Å². The van der Waals surface area contributed by atoms with E-state index in [9.17, 15) is 19.5 Å². The van der Waals surface area contributed by atoms with Gasteiger partial charge in [0.15, 0.2) is 5.16 Å². The van der Waals surface area contributed by atoms with E-state index in [0.717, 1.165) is 16.7 Å². The maximum atomic E-state index is 12.6. The first kappa shape index (κ1) is 17.8. The van der Waals surface area contributed by atoms with E-state index in [4.69, 9.17) is 23.2 Å². The number of carbonyl (C=O) groups excluding carboxylic acids is 2. The molecule has 3 rings (SSSR count). The standard InChI is InChI=1S/C15H11Cl2N3O4S/c1-6-12(22)18-15(19-13(6)23)25-10-5-11(21)20(14(10)24)9-3-2-7(16)4-8(9)17/h2-4,10H,5H2,1H3,(H2,18,19,22,23)/t10-/m1/s1. The second-order valence-corrected chi connectivity index (χ2v) is 7.33. The van der Waals surface area contributed by atoms with Gasteiger partial charge in [0.1, 0.15) is 5.25 Å². The number of carbonyl (C=O) groups is 2. The fraction of sp³-hybridized carbons (Fsp3) is 0.200. The number of benzene rings is 1. The number of anilines is 1. The lowest BCUT2D eigenvalue weighted by molar-refractivity contribution is -0.121. The summed E-state index contributed by atoms with van der Waals surface area (Å²) in [5.41, 5.74) is -0.186. The molecule has 1 aromatic carbocycles. The zero-order valence-corrected chi connectivity index (χ0v) is 15.1. The summed E-state index contributed by atoms with van der Waals surface area (Å²) < 4.78 is 0. The normalized spacial score (nSPS) is 17.4. The second-order valence-electron chi connectivity index (χ2n) is 5.29. The number of aromatic amines is 1. The van der Waals surface area contributed by atoms with Crippen LogP contribution in [0.1, 0.15) is 12.0 Å². The highest BCUT2D eigenvalue weighted by Crippen LogP contribution is 2.36. The summed E-state index contributed by atoms with van der Waals surface area (Å²) in [6, 6.07) is 4.46. The summed E-state index contributed by atoms with van der Waals surface area (Å²) in [6.07, 6.45) is -0.0825. The third-order valence-corrected chi connectivity index (χ3v) is 5.22. The molecule has 1 saturated heterocycles. The molecule has 1 aromatic heterocycles. The minimum Gasteiger partial charge on any atom is -0.493 e. The number of aromatic hydroxyl groups is 1. The summed E-state index contributed by atoms with van der Waals surface area (Å²) in [6.45, 7) is 1.42. The third kappa shape index (κ3) is 3.37. The molecule has 0 unspecified atom stereocenters. The maximum Gasteiger partial charge on any atom is 0.258 e. The highest BCUT2D eigenvalue weighted by molar-refractivity contribution is 8.00. The highest BCUT2D eigenvalue weighted by Gasteiger charge is 2.41. The van der Waals surface area contributed by atoms with Gasteiger partial charge in [0.2, 0.25) is 17.7 Å². The molecule has 1 fully saturated rings. The average molecular weight is 400 g/mol. The van der Waals surface area contributed by atoms with Crippen LogP contribution in [0.25, 0.3) is 0 Å². The van der Waals surface area contributed by atoms with E-state index in [1.807, 2.05) is 0 Å². The van der Waals surface area contributed by atoms with Crippen molar-refractivity contribution in [2.45, 2.75) is 23.8 Å². The van der Waals surface area contributed by atoms with Gasteiger partial charge < -0.3 is 10.1 Å². The van der Waals surface area contributed by atoms with Crippen LogP contribution in [0.5, 0.6) is 5.88 Å². The Morgan fingerprint density at radius 2 is 2.04 bits per heavy atom. The van der Waals surface area contributed by atoms with Crippen LogP contribution in [0.2, 0.25) is 10.0 Å². The lowest BCUT2D eigenvalue weighted by Gasteiger charge is -2.16. The molecule has 0 saturated carbocycles. The molecule has 25 heavy (non-hydrogen) atoms. The molecule has 1 aliphatic heterocycles. The third-order valence-electron chi connectivity index (χ3n) is 3.61. The molecule has 0 aliphatic carbocycles. The van der Waals surface area contributed by atoms with Crippen molar-refractivity contribution >= 4 is 52.5 Å². The highest BCUT2D eigenvalue weighted by atomic mass is 35.5. The minimum absolute atomic E-state index is 0.0586. The van der Waals surface area contributed by atoms with Gasteiger partial charge in [0, 0.05) is 11.4 Å². The van der Waals surface area contributed by atoms with Gasteiger partial charge >= 0.3 is 0 Å². The molecule has 2 aromatic rings. The Balaban J connectivity index is 1.88. The maximum absolute atomic E-state index is 12.6. The molecule has 10 heteroatoms. The Kier molecular flexibility index (Phi) is 4.77. The molecule has 7 nitrogen and oxygen atoms in total. The van der Waals surface area contributed by atoms with Crippen LogP contribution in [0.3, 0.4) is 0 Å². The van der Waals surface area contributed by atoms with Crippen molar-refractivity contribution in [2.24, 2.45) is 0 Å². The van der Waals surface area contributed by atoms with Crippen LogP contribution >= 0.6 is 35.0 Å². The van der Waals surface area contributed by atoms with Crippen LogP contribution in [0.4, 0.5) is 5.69 Å². The van der Waals surface area contributed by atoms with E-state index in [2.05, 4.69) is 9.97 Å². The number of aromatic nitrogens is 2. The van der Waals surface area contributed by atoms with Crippen LogP contribution < -0.4 is 10.5 Å². The molecule has 0 bridgehead atoms. The largest absolute Gasteiger partial charge is 0.493 e. The van der Waals surface area contributed by atoms with Gasteiger partial charge in [-0.3, -0.25) is 14.4 Å². The van der Waals surface area contributed by atoms with Gasteiger partial charge in [-0.1, -0.05) is 35.0 Å². The summed E-state index contributed by atoms with van der Waals surface area (Å²) in [5, 5.41) is 9.46. The van der Waals surface area contributed by atoms with Crippen LogP contribution in [0.15, 0.2) is 28.2 Å². The Hall–Kier alpha value is -2.03. The SMILES string of the molecule is Cc1c(O)nc(S[C@@H]2CC(=O)N(c3ccc(Cl)cc3Cl)C2=O)[nH]c1=O. The van der Waals surface area contributed by atoms with Crippen molar-refractivity contribution in [3.63, 3.8) is 0 Å². The number of H-pyrrole nitrogens is 1. The summed E-state index contributed by atoms with van der Waals surface area (Å²) >= 11 is 12.8. The number of hydrogen-bond acceptors (Lipinski definition) is 6. The fourth-order valence-electron chi connectivity index (χ4n) is 2.30. The zero-order chi connectivity index (χ0) is 18.3. The molecular formula is C15H11Cl2N3O4S. The number of rotatable bonds is 3. The zero-order valence-electron chi connectivity index (χ0n) is 12.7. The van der Waals surface area contributed by atoms with Crippen molar-refractivity contribution < 1.29 is 14.7 Å². The van der Waals surface area contributed by atoms with Gasteiger partial charge in [-0.2, -0.15) is 4.98 Å². The quantitative estimate of drug-likeness (QED) is 0.606. The van der Waals surface area contributed by atoms with Crippen molar-refractivity contribution in [3.8, 4) is 5.88 Å². The Bertz CT molecular complexity index is 947. The lowest BCUT2D eigenvalue weighted by Crippen LogP contribution is -2.31. The predicted octanol–water partition coefficient (Wildman–Crippen LogP) is 2.51. The van der Waals surface area contributed by atoms with Gasteiger partial charge in [0.25, 0.3) is 5.56 Å². The number of nitrogens with one attached hydrogen (secondary N) is 1. The summed E-state index contributed by atoms with van der Waals surface area (Å²) in [7, 11) is 0. The smallest absolute Gasteiger partial charge is 0.258 e. The van der Waals surface area contributed by atoms with Crippen molar-refractivity contribution in [1.82, 2.24) is 9.97 Å². The first-order chi connectivity index (χ1) is 11.8. The number of thioether (sulfide) groups is 1. The Morgan fingerprint density at radius 3 is 2.68 bits per heavy atom. The van der Waals surface area contributed by atoms with E-state index < -0.39 is 28.5 Å². The van der Waals surface area contributed by atoms with Crippen LogP contribution in [-0.2, 0) is 9.59 Å². The minimum atomic E-state index is -0.787. The number of nitrogens with zero attached hydrogens (tertiary/aromatic N) is 2. The number of imide groups is 1. The number of hydrogen-bond donors (Lipinski definition) is 2. The van der Waals surface area contributed by atoms with E-state index in [-0.39, 0.29) is 27.9 Å². The fourth-order valence-corrected chi connectivity index (χ4v) is 3.79. The molecular weight excluding hydrogens is 389 g/mol. The topological polar surface area (TPSA) is 103 Å². The number of amides is 2. The molecule has 2 N–H and O–H groups in total. The van der Waals surface area contributed by atoms with Gasteiger partial charge in [-0.25, -0.2) is 4.90 Å². The molecule has 0 radical (unpaired) electrons. The van der Waals surface area contributed by atoms with Gasteiger partial charge in [0.05, 0.1) is 16.3 Å². The van der Waals surface area contributed by atoms with Gasteiger partial charge in [-0.15, -0.1) is 0 Å². The summed E-state index contributed by atoms with van der Waals surface area (Å²) in [5.74, 6) is -1.33. The molecule has 1 atom stereocenters. The average Bonchev–Trinajstić information content (AvgIpc) is 2.80. The van der Waals surface area contributed by atoms with Crippen LogP contribution in [0, 0.1) is 6.92 Å². The lowest BCUT2D eigenvalue weighted by atomic mass is 10.3. The van der Waals surface area contributed by atoms with Crippen LogP contribution in [-0.4, -0.2) is 32.1 Å². The van der Waals surface area contributed by atoms with Gasteiger partial charge in [-0.05, 0) is 25.1 Å². The van der Waals surface area contributed by atoms with E-state index in [1.165, 1.54) is 25.1 Å². The van der Waals surface area contributed by atoms with Crippen molar-refractivity contribution in [1.29, 1.82) is 0 Å².